The lowest BCUT2D eigenvalue weighted by molar-refractivity contribution is 0.271. The molecule has 0 aliphatic carbocycles. The van der Waals surface area contributed by atoms with Crippen molar-refractivity contribution in [2.75, 3.05) is 12.6 Å². The van der Waals surface area contributed by atoms with Crippen LogP contribution in [0.1, 0.15) is 5.69 Å². The minimum absolute atomic E-state index is 0.388. The molecule has 1 aromatic heterocycles. The van der Waals surface area contributed by atoms with Gasteiger partial charge in [0.05, 0.1) is 12.8 Å². The van der Waals surface area contributed by atoms with E-state index in [9.17, 15) is 0 Å². The summed E-state index contributed by atoms with van der Waals surface area (Å²) < 4.78 is 0. The highest BCUT2D eigenvalue weighted by atomic mass is 35.5. The number of anilines is 1. The Kier molecular flexibility index (Phi) is 2.13. The SMILES string of the molecule is CONc1c(Cl)n[nH]c1C. The zero-order chi connectivity index (χ0) is 7.56. The maximum Gasteiger partial charge on any atom is 0.176 e. The summed E-state index contributed by atoms with van der Waals surface area (Å²) in [6.07, 6.45) is 0. The van der Waals surface area contributed by atoms with Crippen LogP contribution >= 0.6 is 11.6 Å². The first-order valence-electron chi connectivity index (χ1n) is 2.75. The number of hydrogen-bond donors (Lipinski definition) is 2. The molecule has 0 saturated heterocycles. The van der Waals surface area contributed by atoms with Crippen LogP contribution in [0.15, 0.2) is 0 Å². The maximum atomic E-state index is 5.64. The van der Waals surface area contributed by atoms with Gasteiger partial charge in [0.25, 0.3) is 0 Å². The van der Waals surface area contributed by atoms with Crippen LogP contribution in [0, 0.1) is 6.92 Å². The molecule has 0 spiro atoms. The van der Waals surface area contributed by atoms with Crippen molar-refractivity contribution in [2.24, 2.45) is 0 Å². The number of nitrogens with one attached hydrogen (secondary N) is 2. The summed E-state index contributed by atoms with van der Waals surface area (Å²) in [6, 6.07) is 0. The van der Waals surface area contributed by atoms with E-state index in [4.69, 9.17) is 11.6 Å². The van der Waals surface area contributed by atoms with E-state index in [1.54, 1.807) is 0 Å². The molecule has 0 bridgehead atoms. The van der Waals surface area contributed by atoms with Gasteiger partial charge in [-0.25, -0.2) is 0 Å². The number of nitrogens with zero attached hydrogens (tertiary/aromatic N) is 1. The highest BCUT2D eigenvalue weighted by Gasteiger charge is 2.05. The quantitative estimate of drug-likeness (QED) is 0.644. The van der Waals surface area contributed by atoms with E-state index in [-0.39, 0.29) is 0 Å². The van der Waals surface area contributed by atoms with Gasteiger partial charge in [-0.3, -0.25) is 15.4 Å². The smallest absolute Gasteiger partial charge is 0.176 e. The number of aromatic nitrogens is 2. The summed E-state index contributed by atoms with van der Waals surface area (Å²) in [7, 11) is 1.52. The van der Waals surface area contributed by atoms with Crippen LogP contribution in [0.2, 0.25) is 5.15 Å². The van der Waals surface area contributed by atoms with Gasteiger partial charge < -0.3 is 0 Å². The Hall–Kier alpha value is -0.740. The highest BCUT2D eigenvalue weighted by molar-refractivity contribution is 6.32. The first-order valence-corrected chi connectivity index (χ1v) is 3.13. The fraction of sp³-hybridized carbons (Fsp3) is 0.400. The van der Waals surface area contributed by atoms with Gasteiger partial charge in [-0.15, -0.1) is 0 Å². The van der Waals surface area contributed by atoms with Crippen molar-refractivity contribution in [2.45, 2.75) is 6.92 Å². The molecule has 0 fully saturated rings. The zero-order valence-corrected chi connectivity index (χ0v) is 6.49. The number of rotatable bonds is 2. The third-order valence-electron chi connectivity index (χ3n) is 1.11. The van der Waals surface area contributed by atoms with E-state index in [2.05, 4.69) is 20.5 Å². The van der Waals surface area contributed by atoms with E-state index < -0.39 is 0 Å². The lowest BCUT2D eigenvalue weighted by Gasteiger charge is -1.99. The van der Waals surface area contributed by atoms with Crippen LogP contribution in [0.3, 0.4) is 0 Å². The topological polar surface area (TPSA) is 49.9 Å². The minimum Gasteiger partial charge on any atom is -0.279 e. The first-order chi connectivity index (χ1) is 4.75. The van der Waals surface area contributed by atoms with E-state index >= 15 is 0 Å². The number of hydrogen-bond acceptors (Lipinski definition) is 3. The molecule has 56 valence electrons. The average Bonchev–Trinajstić information content (AvgIpc) is 2.20. The minimum atomic E-state index is 0.388. The maximum absolute atomic E-state index is 5.64. The molecule has 0 unspecified atom stereocenters. The summed E-state index contributed by atoms with van der Waals surface area (Å²) in [5.74, 6) is 0. The fourth-order valence-electron chi connectivity index (χ4n) is 0.620. The predicted octanol–water partition coefficient (Wildman–Crippen LogP) is 1.34. The molecular weight excluding hydrogens is 154 g/mol. The summed E-state index contributed by atoms with van der Waals surface area (Å²) in [5, 5.41) is 6.82. The molecule has 10 heavy (non-hydrogen) atoms. The second kappa shape index (κ2) is 2.90. The van der Waals surface area contributed by atoms with Crippen molar-refractivity contribution < 1.29 is 4.84 Å². The van der Waals surface area contributed by atoms with Crippen LogP contribution in [0.4, 0.5) is 5.69 Å². The molecule has 4 nitrogen and oxygen atoms in total. The summed E-state index contributed by atoms with van der Waals surface area (Å²) in [5.41, 5.74) is 4.14. The van der Waals surface area contributed by atoms with Gasteiger partial charge in [-0.1, -0.05) is 11.6 Å². The second-order valence-corrected chi connectivity index (χ2v) is 2.18. The Balaban J connectivity index is 2.87. The molecule has 1 heterocycles. The Morgan fingerprint density at radius 3 is 2.80 bits per heavy atom. The molecular formula is C5H8ClN3O. The Labute approximate surface area is 63.5 Å². The van der Waals surface area contributed by atoms with Crippen molar-refractivity contribution in [1.82, 2.24) is 10.2 Å². The van der Waals surface area contributed by atoms with Crippen molar-refractivity contribution in [3.63, 3.8) is 0 Å². The molecule has 0 saturated carbocycles. The van der Waals surface area contributed by atoms with Crippen LogP contribution in [-0.2, 0) is 4.84 Å². The van der Waals surface area contributed by atoms with Gasteiger partial charge in [0.2, 0.25) is 0 Å². The summed E-state index contributed by atoms with van der Waals surface area (Å²) >= 11 is 5.64. The predicted molar refractivity (Wildman–Crippen MR) is 39.0 cm³/mol. The Morgan fingerprint density at radius 1 is 1.70 bits per heavy atom. The van der Waals surface area contributed by atoms with Crippen LogP contribution in [0.5, 0.6) is 0 Å². The molecule has 0 aliphatic rings. The van der Waals surface area contributed by atoms with Gasteiger partial charge in [0.1, 0.15) is 5.69 Å². The van der Waals surface area contributed by atoms with Gasteiger partial charge in [-0.05, 0) is 6.92 Å². The van der Waals surface area contributed by atoms with E-state index in [0.717, 1.165) is 5.69 Å². The van der Waals surface area contributed by atoms with Crippen molar-refractivity contribution in [3.05, 3.63) is 10.8 Å². The zero-order valence-electron chi connectivity index (χ0n) is 5.73. The lowest BCUT2D eigenvalue weighted by atomic mass is 10.4. The van der Waals surface area contributed by atoms with Crippen LogP contribution < -0.4 is 5.48 Å². The lowest BCUT2D eigenvalue weighted by Crippen LogP contribution is -1.95. The monoisotopic (exact) mass is 161 g/mol. The van der Waals surface area contributed by atoms with Gasteiger partial charge in [0.15, 0.2) is 5.15 Å². The molecule has 0 amide bonds. The molecule has 2 N–H and O–H groups in total. The van der Waals surface area contributed by atoms with Crippen molar-refractivity contribution in [1.29, 1.82) is 0 Å². The molecule has 1 aromatic rings. The standard InChI is InChI=1S/C5H8ClN3O/c1-3-4(9-10-2)5(6)8-7-3/h9H,1-2H3,(H,7,8). The summed E-state index contributed by atoms with van der Waals surface area (Å²) in [4.78, 5) is 4.65. The van der Waals surface area contributed by atoms with Crippen molar-refractivity contribution >= 4 is 17.3 Å². The van der Waals surface area contributed by atoms with Gasteiger partial charge >= 0.3 is 0 Å². The molecule has 0 aliphatic heterocycles. The number of halogens is 1. The number of H-pyrrole nitrogens is 1. The van der Waals surface area contributed by atoms with Crippen LogP contribution in [0.25, 0.3) is 0 Å². The largest absolute Gasteiger partial charge is 0.279 e. The molecule has 1 rings (SSSR count). The molecule has 0 radical (unpaired) electrons. The highest BCUT2D eigenvalue weighted by Crippen LogP contribution is 2.21. The molecule has 0 atom stereocenters. The van der Waals surface area contributed by atoms with Gasteiger partial charge in [-0.2, -0.15) is 5.10 Å². The normalized spacial score (nSPS) is 9.90. The van der Waals surface area contributed by atoms with Crippen molar-refractivity contribution in [3.8, 4) is 0 Å². The second-order valence-electron chi connectivity index (χ2n) is 1.82. The van der Waals surface area contributed by atoms with E-state index in [0.29, 0.717) is 10.8 Å². The van der Waals surface area contributed by atoms with E-state index in [1.165, 1.54) is 7.11 Å². The Morgan fingerprint density at radius 2 is 2.40 bits per heavy atom. The van der Waals surface area contributed by atoms with E-state index in [1.807, 2.05) is 6.92 Å². The third-order valence-corrected chi connectivity index (χ3v) is 1.38. The number of aryl methyl sites for hydroxylation is 1. The van der Waals surface area contributed by atoms with Gasteiger partial charge in [0, 0.05) is 0 Å². The number of aromatic amines is 1. The molecule has 5 heteroatoms. The third kappa shape index (κ3) is 1.22. The average molecular weight is 162 g/mol. The first kappa shape index (κ1) is 7.37. The Bertz CT molecular complexity index is 203. The fourth-order valence-corrected chi connectivity index (χ4v) is 0.843. The van der Waals surface area contributed by atoms with Crippen LogP contribution in [-0.4, -0.2) is 17.3 Å². The molecule has 0 aromatic carbocycles. The summed E-state index contributed by atoms with van der Waals surface area (Å²) in [6.45, 7) is 1.85.